The number of anilines is 1. The van der Waals surface area contributed by atoms with Crippen molar-refractivity contribution < 1.29 is 26.4 Å². The van der Waals surface area contributed by atoms with Crippen molar-refractivity contribution in [3.8, 4) is 0 Å². The zero-order valence-electron chi connectivity index (χ0n) is 18.0. The zero-order valence-corrected chi connectivity index (χ0v) is 18.9. The molecule has 0 N–H and O–H groups in total. The van der Waals surface area contributed by atoms with Crippen molar-refractivity contribution in [2.24, 2.45) is 5.92 Å². The van der Waals surface area contributed by atoms with Crippen molar-refractivity contribution in [3.63, 3.8) is 0 Å². The predicted octanol–water partition coefficient (Wildman–Crippen LogP) is 3.45. The van der Waals surface area contributed by atoms with Crippen molar-refractivity contribution in [2.75, 3.05) is 44.2 Å². The van der Waals surface area contributed by atoms with Gasteiger partial charge >= 0.3 is 6.18 Å². The van der Waals surface area contributed by atoms with Gasteiger partial charge in [-0.2, -0.15) is 17.5 Å². The SMILES string of the molecule is O=C(C1CCN(S(=O)(=O)c2ccccc2C(F)(F)F)CC1)N1CCN(c2ccccc2)CC1. The summed E-state index contributed by atoms with van der Waals surface area (Å²) in [6, 6.07) is 14.2. The number of amides is 1. The van der Waals surface area contributed by atoms with E-state index in [0.717, 1.165) is 35.2 Å². The Morgan fingerprint density at radius 2 is 1.39 bits per heavy atom. The number of carbonyl (C=O) groups excluding carboxylic acids is 1. The van der Waals surface area contributed by atoms with Crippen molar-refractivity contribution in [1.82, 2.24) is 9.21 Å². The lowest BCUT2D eigenvalue weighted by Gasteiger charge is -2.39. The molecule has 0 spiro atoms. The Morgan fingerprint density at radius 3 is 2.00 bits per heavy atom. The number of benzene rings is 2. The maximum atomic E-state index is 13.3. The maximum absolute atomic E-state index is 13.3. The van der Waals surface area contributed by atoms with Crippen LogP contribution in [-0.2, 0) is 21.0 Å². The molecule has 0 radical (unpaired) electrons. The number of sulfonamides is 1. The molecule has 0 saturated carbocycles. The van der Waals surface area contributed by atoms with E-state index >= 15 is 0 Å². The van der Waals surface area contributed by atoms with E-state index in [9.17, 15) is 26.4 Å². The molecule has 2 saturated heterocycles. The summed E-state index contributed by atoms with van der Waals surface area (Å²) in [6.45, 7) is 2.66. The minimum atomic E-state index is -4.76. The standard InChI is InChI=1S/C23H26F3N3O3S/c24-23(25,26)20-8-4-5-9-21(20)33(31,32)29-12-10-18(11-13-29)22(30)28-16-14-27(15-17-28)19-6-2-1-3-7-19/h1-9,18H,10-17H2. The van der Waals surface area contributed by atoms with Gasteiger partial charge in [0.1, 0.15) is 0 Å². The first-order chi connectivity index (χ1) is 15.7. The zero-order chi connectivity index (χ0) is 23.6. The fourth-order valence-corrected chi connectivity index (χ4v) is 6.17. The smallest absolute Gasteiger partial charge is 0.368 e. The van der Waals surface area contributed by atoms with Crippen LogP contribution in [-0.4, -0.2) is 62.8 Å². The molecule has 0 aromatic heterocycles. The van der Waals surface area contributed by atoms with Crippen LogP contribution in [0.25, 0.3) is 0 Å². The van der Waals surface area contributed by atoms with E-state index in [-0.39, 0.29) is 24.9 Å². The van der Waals surface area contributed by atoms with Gasteiger partial charge in [0.15, 0.2) is 0 Å². The molecule has 6 nitrogen and oxygen atoms in total. The van der Waals surface area contributed by atoms with Crippen LogP contribution in [0.1, 0.15) is 18.4 Å². The lowest BCUT2D eigenvalue weighted by molar-refractivity contribution is -0.140. The van der Waals surface area contributed by atoms with E-state index in [0.29, 0.717) is 25.9 Å². The van der Waals surface area contributed by atoms with E-state index in [2.05, 4.69) is 4.90 Å². The van der Waals surface area contributed by atoms with E-state index in [1.165, 1.54) is 12.1 Å². The first kappa shape index (κ1) is 23.6. The van der Waals surface area contributed by atoms with Crippen molar-refractivity contribution in [3.05, 3.63) is 60.2 Å². The maximum Gasteiger partial charge on any atom is 0.417 e. The Kier molecular flexibility index (Phi) is 6.67. The molecule has 2 aromatic rings. The molecule has 2 heterocycles. The largest absolute Gasteiger partial charge is 0.417 e. The normalized spacial score (nSPS) is 19.0. The third kappa shape index (κ3) is 5.01. The average Bonchev–Trinajstić information content (AvgIpc) is 2.84. The van der Waals surface area contributed by atoms with Crippen LogP contribution in [0, 0.1) is 5.92 Å². The summed E-state index contributed by atoms with van der Waals surface area (Å²) >= 11 is 0. The van der Waals surface area contributed by atoms with Crippen LogP contribution in [0.3, 0.4) is 0 Å². The molecule has 0 unspecified atom stereocenters. The number of piperazine rings is 1. The Balaban J connectivity index is 1.36. The highest BCUT2D eigenvalue weighted by molar-refractivity contribution is 7.89. The highest BCUT2D eigenvalue weighted by atomic mass is 32.2. The molecule has 0 bridgehead atoms. The highest BCUT2D eigenvalue weighted by Gasteiger charge is 2.40. The van der Waals surface area contributed by atoms with Gasteiger partial charge in [-0.1, -0.05) is 30.3 Å². The second-order valence-electron chi connectivity index (χ2n) is 8.32. The first-order valence-electron chi connectivity index (χ1n) is 10.9. The Labute approximate surface area is 191 Å². The molecular weight excluding hydrogens is 455 g/mol. The second-order valence-corrected chi connectivity index (χ2v) is 10.2. The lowest BCUT2D eigenvalue weighted by Crippen LogP contribution is -2.52. The minimum Gasteiger partial charge on any atom is -0.368 e. The van der Waals surface area contributed by atoms with E-state index < -0.39 is 26.7 Å². The summed E-state index contributed by atoms with van der Waals surface area (Å²) in [5.41, 5.74) is -0.0539. The number of rotatable bonds is 4. The molecular formula is C23H26F3N3O3S. The van der Waals surface area contributed by atoms with Crippen molar-refractivity contribution >= 4 is 21.6 Å². The van der Waals surface area contributed by atoms with Gasteiger partial charge in [-0.3, -0.25) is 4.79 Å². The average molecular weight is 482 g/mol. The lowest BCUT2D eigenvalue weighted by atomic mass is 9.96. The number of halogens is 3. The summed E-state index contributed by atoms with van der Waals surface area (Å²) < 4.78 is 66.9. The van der Waals surface area contributed by atoms with Crippen LogP contribution in [0.4, 0.5) is 18.9 Å². The molecule has 2 aliphatic rings. The molecule has 4 rings (SSSR count). The second kappa shape index (κ2) is 9.34. The van der Waals surface area contributed by atoms with Gasteiger partial charge < -0.3 is 9.80 Å². The van der Waals surface area contributed by atoms with E-state index in [1.807, 2.05) is 35.2 Å². The number of nitrogens with zero attached hydrogens (tertiary/aromatic N) is 3. The quantitative estimate of drug-likeness (QED) is 0.671. The van der Waals surface area contributed by atoms with Gasteiger partial charge in [-0.25, -0.2) is 8.42 Å². The fourth-order valence-electron chi connectivity index (χ4n) is 4.49. The summed E-state index contributed by atoms with van der Waals surface area (Å²) in [6.07, 6.45) is -4.17. The predicted molar refractivity (Wildman–Crippen MR) is 118 cm³/mol. The number of alkyl halides is 3. The third-order valence-corrected chi connectivity index (χ3v) is 8.28. The summed E-state index contributed by atoms with van der Waals surface area (Å²) in [7, 11) is -4.31. The van der Waals surface area contributed by atoms with Crippen molar-refractivity contribution in [1.29, 1.82) is 0 Å². The van der Waals surface area contributed by atoms with Gasteiger partial charge in [-0.15, -0.1) is 0 Å². The van der Waals surface area contributed by atoms with E-state index in [1.54, 1.807) is 0 Å². The summed E-state index contributed by atoms with van der Waals surface area (Å²) in [5.74, 6) is -0.326. The molecule has 2 aromatic carbocycles. The Hall–Kier alpha value is -2.59. The Bertz CT molecular complexity index is 1080. The van der Waals surface area contributed by atoms with Gasteiger partial charge in [-0.05, 0) is 37.1 Å². The van der Waals surface area contributed by atoms with Gasteiger partial charge in [0.05, 0.1) is 10.5 Å². The van der Waals surface area contributed by atoms with Crippen LogP contribution in [0.15, 0.2) is 59.5 Å². The number of para-hydroxylation sites is 1. The molecule has 1 amide bonds. The summed E-state index contributed by atoms with van der Waals surface area (Å²) in [4.78, 5) is 16.3. The summed E-state index contributed by atoms with van der Waals surface area (Å²) in [5, 5.41) is 0. The Morgan fingerprint density at radius 1 is 0.818 bits per heavy atom. The van der Waals surface area contributed by atoms with Gasteiger partial charge in [0.2, 0.25) is 15.9 Å². The van der Waals surface area contributed by atoms with Gasteiger partial charge in [0.25, 0.3) is 0 Å². The van der Waals surface area contributed by atoms with Crippen LogP contribution >= 0.6 is 0 Å². The topological polar surface area (TPSA) is 60.9 Å². The van der Waals surface area contributed by atoms with Crippen LogP contribution in [0.2, 0.25) is 0 Å². The first-order valence-corrected chi connectivity index (χ1v) is 12.4. The molecule has 33 heavy (non-hydrogen) atoms. The molecule has 2 fully saturated rings. The molecule has 10 heteroatoms. The van der Waals surface area contributed by atoms with E-state index in [4.69, 9.17) is 0 Å². The monoisotopic (exact) mass is 481 g/mol. The molecule has 178 valence electrons. The number of carbonyl (C=O) groups is 1. The van der Waals surface area contributed by atoms with Crippen molar-refractivity contribution in [2.45, 2.75) is 23.9 Å². The fraction of sp³-hybridized carbons (Fsp3) is 0.435. The molecule has 0 atom stereocenters. The van der Waals surface area contributed by atoms with Gasteiger partial charge in [0, 0.05) is 50.9 Å². The van der Waals surface area contributed by atoms with Crippen LogP contribution < -0.4 is 4.90 Å². The molecule has 0 aliphatic carbocycles. The number of hydrogen-bond donors (Lipinski definition) is 0. The number of hydrogen-bond acceptors (Lipinski definition) is 4. The van der Waals surface area contributed by atoms with Crippen LogP contribution in [0.5, 0.6) is 0 Å². The molecule has 2 aliphatic heterocycles. The minimum absolute atomic E-state index is 0.00421. The number of piperidine rings is 1. The highest BCUT2D eigenvalue weighted by Crippen LogP contribution is 2.36. The third-order valence-electron chi connectivity index (χ3n) is 6.33.